The minimum atomic E-state index is -1.00. The lowest BCUT2D eigenvalue weighted by atomic mass is 10.0. The Morgan fingerprint density at radius 2 is 2.56 bits per heavy atom. The molecule has 1 atom stereocenters. The molecule has 6 heteroatoms. The van der Waals surface area contributed by atoms with E-state index < -0.39 is 5.97 Å². The zero-order valence-corrected chi connectivity index (χ0v) is 10.2. The topological polar surface area (TPSA) is 80.7 Å². The van der Waals surface area contributed by atoms with Crippen LogP contribution in [0.15, 0.2) is 18.5 Å². The summed E-state index contributed by atoms with van der Waals surface area (Å²) in [6, 6.07) is 1.64. The molecule has 6 nitrogen and oxygen atoms in total. The van der Waals surface area contributed by atoms with Crippen molar-refractivity contribution in [2.24, 2.45) is 0 Å². The largest absolute Gasteiger partial charge is 0.478 e. The molecule has 98 valence electrons. The average Bonchev–Trinajstić information content (AvgIpc) is 2.86. The van der Waals surface area contributed by atoms with Crippen LogP contribution in [0.2, 0.25) is 0 Å². The molecule has 1 aliphatic rings. The first-order valence-corrected chi connectivity index (χ1v) is 5.71. The van der Waals surface area contributed by atoms with E-state index in [0.717, 1.165) is 6.42 Å². The molecule has 2 N–H and O–H groups in total. The Morgan fingerprint density at radius 1 is 1.72 bits per heavy atom. The fourth-order valence-electron chi connectivity index (χ4n) is 1.94. The fourth-order valence-corrected chi connectivity index (χ4v) is 1.94. The van der Waals surface area contributed by atoms with Gasteiger partial charge in [0.2, 0.25) is 0 Å². The number of methoxy groups -OCH3 is 1. The number of carboxylic acids is 1. The van der Waals surface area contributed by atoms with Crippen LogP contribution in [0.5, 0.6) is 0 Å². The number of ether oxygens (including phenoxy) is 2. The van der Waals surface area contributed by atoms with Crippen molar-refractivity contribution >= 4 is 11.7 Å². The minimum Gasteiger partial charge on any atom is -0.478 e. The summed E-state index contributed by atoms with van der Waals surface area (Å²) in [6.07, 6.45) is 3.68. The lowest BCUT2D eigenvalue weighted by molar-refractivity contribution is -0.00622. The zero-order valence-electron chi connectivity index (χ0n) is 10.2. The van der Waals surface area contributed by atoms with Gasteiger partial charge in [-0.1, -0.05) is 0 Å². The molecule has 0 aromatic carbocycles. The molecule has 0 radical (unpaired) electrons. The smallest absolute Gasteiger partial charge is 0.339 e. The number of anilines is 1. The molecule has 1 saturated heterocycles. The first kappa shape index (κ1) is 12.8. The van der Waals surface area contributed by atoms with Gasteiger partial charge in [0.25, 0.3) is 0 Å². The molecule has 18 heavy (non-hydrogen) atoms. The number of pyridine rings is 1. The van der Waals surface area contributed by atoms with E-state index in [1.807, 2.05) is 0 Å². The first-order chi connectivity index (χ1) is 8.67. The minimum absolute atomic E-state index is 0.155. The number of aromatic nitrogens is 1. The molecule has 0 spiro atoms. The third-order valence-corrected chi connectivity index (χ3v) is 3.15. The van der Waals surface area contributed by atoms with Crippen LogP contribution in [0, 0.1) is 0 Å². The molecule has 0 bridgehead atoms. The van der Waals surface area contributed by atoms with Gasteiger partial charge in [-0.15, -0.1) is 0 Å². The van der Waals surface area contributed by atoms with Gasteiger partial charge >= 0.3 is 5.97 Å². The predicted octanol–water partition coefficient (Wildman–Crippen LogP) is 0.997. The maximum Gasteiger partial charge on any atom is 0.339 e. The number of hydrogen-bond acceptors (Lipinski definition) is 5. The van der Waals surface area contributed by atoms with Crippen molar-refractivity contribution in [3.8, 4) is 0 Å². The molecule has 1 aromatic heterocycles. The number of carboxylic acid groups (broad SMARTS) is 1. The molecular formula is C12H16N2O4. The monoisotopic (exact) mass is 252 g/mol. The van der Waals surface area contributed by atoms with Crippen LogP contribution in [0.4, 0.5) is 5.69 Å². The van der Waals surface area contributed by atoms with Crippen molar-refractivity contribution in [1.82, 2.24) is 4.98 Å². The van der Waals surface area contributed by atoms with Gasteiger partial charge in [-0.2, -0.15) is 0 Å². The van der Waals surface area contributed by atoms with Gasteiger partial charge < -0.3 is 19.9 Å². The quantitative estimate of drug-likeness (QED) is 0.813. The number of aromatic carboxylic acids is 1. The first-order valence-electron chi connectivity index (χ1n) is 5.71. The van der Waals surface area contributed by atoms with E-state index in [-0.39, 0.29) is 11.2 Å². The van der Waals surface area contributed by atoms with Crippen LogP contribution in [-0.2, 0) is 9.47 Å². The number of nitrogens with zero attached hydrogens (tertiary/aromatic N) is 1. The van der Waals surface area contributed by atoms with Crippen molar-refractivity contribution in [2.75, 3.05) is 32.2 Å². The third-order valence-electron chi connectivity index (χ3n) is 3.15. The fraction of sp³-hybridized carbons (Fsp3) is 0.500. The molecule has 2 rings (SSSR count). The summed E-state index contributed by atoms with van der Waals surface area (Å²) in [5.41, 5.74) is 0.322. The second-order valence-electron chi connectivity index (χ2n) is 4.27. The summed E-state index contributed by atoms with van der Waals surface area (Å²) in [7, 11) is 1.64. The molecule has 2 heterocycles. The molecule has 0 aliphatic carbocycles. The van der Waals surface area contributed by atoms with Crippen LogP contribution >= 0.6 is 0 Å². The number of hydrogen-bond donors (Lipinski definition) is 2. The molecule has 1 aromatic rings. The van der Waals surface area contributed by atoms with Crippen molar-refractivity contribution in [3.63, 3.8) is 0 Å². The van der Waals surface area contributed by atoms with Crippen molar-refractivity contribution in [2.45, 2.75) is 12.0 Å². The van der Waals surface area contributed by atoms with Crippen molar-refractivity contribution in [1.29, 1.82) is 0 Å². The van der Waals surface area contributed by atoms with Gasteiger partial charge in [-0.3, -0.25) is 4.98 Å². The van der Waals surface area contributed by atoms with Gasteiger partial charge in [0.05, 0.1) is 12.3 Å². The van der Waals surface area contributed by atoms with E-state index in [2.05, 4.69) is 10.3 Å². The molecule has 1 fully saturated rings. The summed E-state index contributed by atoms with van der Waals surface area (Å²) in [5.74, 6) is -1.00. The maximum atomic E-state index is 11.0. The summed E-state index contributed by atoms with van der Waals surface area (Å²) in [4.78, 5) is 14.8. The Kier molecular flexibility index (Phi) is 3.78. The van der Waals surface area contributed by atoms with E-state index in [4.69, 9.17) is 14.6 Å². The lowest BCUT2D eigenvalue weighted by Crippen LogP contribution is -2.39. The molecule has 1 unspecified atom stereocenters. The molecule has 0 amide bonds. The van der Waals surface area contributed by atoms with Crippen LogP contribution in [0.25, 0.3) is 0 Å². The normalized spacial score (nSPS) is 22.9. The summed E-state index contributed by atoms with van der Waals surface area (Å²) < 4.78 is 10.8. The second kappa shape index (κ2) is 5.32. The van der Waals surface area contributed by atoms with Gasteiger partial charge in [0.15, 0.2) is 0 Å². The number of rotatable bonds is 5. The molecular weight excluding hydrogens is 236 g/mol. The number of nitrogens with one attached hydrogen (secondary N) is 1. The van der Waals surface area contributed by atoms with Crippen molar-refractivity contribution in [3.05, 3.63) is 24.0 Å². The highest BCUT2D eigenvalue weighted by Crippen LogP contribution is 2.24. The SMILES string of the molecule is COC1(CNc2ccncc2C(=O)O)CCOC1. The highest BCUT2D eigenvalue weighted by molar-refractivity contribution is 5.93. The van der Waals surface area contributed by atoms with Crippen LogP contribution < -0.4 is 5.32 Å². The van der Waals surface area contributed by atoms with Crippen LogP contribution in [-0.4, -0.2) is 48.5 Å². The Labute approximate surface area is 105 Å². The Balaban J connectivity index is 2.08. The van der Waals surface area contributed by atoms with Gasteiger partial charge in [-0.05, 0) is 6.07 Å². The Bertz CT molecular complexity index is 430. The Hall–Kier alpha value is -1.66. The van der Waals surface area contributed by atoms with E-state index >= 15 is 0 Å². The molecule has 1 aliphatic heterocycles. The van der Waals surface area contributed by atoms with E-state index in [9.17, 15) is 4.79 Å². The predicted molar refractivity (Wildman–Crippen MR) is 64.9 cm³/mol. The van der Waals surface area contributed by atoms with Crippen LogP contribution in [0.3, 0.4) is 0 Å². The van der Waals surface area contributed by atoms with E-state index in [0.29, 0.717) is 25.4 Å². The summed E-state index contributed by atoms with van der Waals surface area (Å²) in [6.45, 7) is 1.69. The van der Waals surface area contributed by atoms with Gasteiger partial charge in [0.1, 0.15) is 11.2 Å². The van der Waals surface area contributed by atoms with E-state index in [1.54, 1.807) is 19.4 Å². The average molecular weight is 252 g/mol. The number of carbonyl (C=O) groups is 1. The second-order valence-corrected chi connectivity index (χ2v) is 4.27. The maximum absolute atomic E-state index is 11.0. The summed E-state index contributed by atoms with van der Waals surface area (Å²) in [5, 5.41) is 12.1. The van der Waals surface area contributed by atoms with Crippen LogP contribution in [0.1, 0.15) is 16.8 Å². The zero-order chi connectivity index (χ0) is 13.0. The van der Waals surface area contributed by atoms with Gasteiger partial charge in [0, 0.05) is 39.1 Å². The van der Waals surface area contributed by atoms with Crippen molar-refractivity contribution < 1.29 is 19.4 Å². The highest BCUT2D eigenvalue weighted by Gasteiger charge is 2.34. The highest BCUT2D eigenvalue weighted by atomic mass is 16.5. The Morgan fingerprint density at radius 3 is 3.17 bits per heavy atom. The molecule has 0 saturated carbocycles. The summed E-state index contributed by atoms with van der Waals surface area (Å²) >= 11 is 0. The lowest BCUT2D eigenvalue weighted by Gasteiger charge is -2.26. The third kappa shape index (κ3) is 2.60. The van der Waals surface area contributed by atoms with E-state index in [1.165, 1.54) is 6.20 Å². The van der Waals surface area contributed by atoms with Gasteiger partial charge in [-0.25, -0.2) is 4.79 Å². The standard InChI is InChI=1S/C12H16N2O4/c1-17-12(3-5-18-8-12)7-14-10-2-4-13-6-9(10)11(15)16/h2,4,6H,3,5,7-8H2,1H3,(H,13,14)(H,15,16).